The number of amides is 1. The summed E-state index contributed by atoms with van der Waals surface area (Å²) in [6, 6.07) is 6.14. The standard InChI is InChI=1S/C20H34N4O3/c1-6-26-11-12-27-18-13-16(4)7-8-17(18)14-24-20(21-5)23-10-9-22-19(25)15(2)3/h7-8,13,15H,6,9-12,14H2,1-5H3,(H,22,25)(H2,21,23,24). The van der Waals surface area contributed by atoms with E-state index in [1.54, 1.807) is 7.05 Å². The van der Waals surface area contributed by atoms with Crippen molar-refractivity contribution in [3.63, 3.8) is 0 Å². The normalized spacial score (nSPS) is 11.4. The highest BCUT2D eigenvalue weighted by Gasteiger charge is 2.07. The molecule has 1 aromatic rings. The van der Waals surface area contributed by atoms with Crippen molar-refractivity contribution < 1.29 is 14.3 Å². The summed E-state index contributed by atoms with van der Waals surface area (Å²) in [5, 5.41) is 9.33. The van der Waals surface area contributed by atoms with Gasteiger partial charge in [-0.2, -0.15) is 0 Å². The predicted octanol–water partition coefficient (Wildman–Crippen LogP) is 1.85. The molecule has 0 fully saturated rings. The Labute approximate surface area is 162 Å². The first kappa shape index (κ1) is 22.8. The smallest absolute Gasteiger partial charge is 0.222 e. The Bertz CT molecular complexity index is 603. The number of hydrogen-bond donors (Lipinski definition) is 3. The van der Waals surface area contributed by atoms with Crippen molar-refractivity contribution in [2.24, 2.45) is 10.9 Å². The van der Waals surface area contributed by atoms with Crippen LogP contribution in [0.5, 0.6) is 5.75 Å². The summed E-state index contributed by atoms with van der Waals surface area (Å²) in [5.74, 6) is 1.56. The molecule has 1 rings (SSSR count). The first-order valence-corrected chi connectivity index (χ1v) is 9.50. The zero-order valence-corrected chi connectivity index (χ0v) is 17.2. The first-order chi connectivity index (χ1) is 13.0. The summed E-state index contributed by atoms with van der Waals surface area (Å²) >= 11 is 0. The van der Waals surface area contributed by atoms with Crippen molar-refractivity contribution in [2.75, 3.05) is 40.0 Å². The van der Waals surface area contributed by atoms with Crippen molar-refractivity contribution in [3.8, 4) is 5.75 Å². The lowest BCUT2D eigenvalue weighted by Gasteiger charge is -2.16. The molecule has 0 saturated carbocycles. The Morgan fingerprint density at radius 2 is 1.89 bits per heavy atom. The number of guanidine groups is 1. The quantitative estimate of drug-likeness (QED) is 0.311. The number of hydrogen-bond acceptors (Lipinski definition) is 4. The molecule has 0 heterocycles. The van der Waals surface area contributed by atoms with Gasteiger partial charge in [-0.25, -0.2) is 0 Å². The lowest BCUT2D eigenvalue weighted by atomic mass is 10.1. The average molecular weight is 379 g/mol. The van der Waals surface area contributed by atoms with E-state index in [9.17, 15) is 4.79 Å². The second kappa shape index (κ2) is 13.0. The molecule has 0 aromatic heterocycles. The number of nitrogens with one attached hydrogen (secondary N) is 3. The minimum atomic E-state index is -0.00915. The number of carbonyl (C=O) groups excluding carboxylic acids is 1. The molecule has 152 valence electrons. The largest absolute Gasteiger partial charge is 0.491 e. The van der Waals surface area contributed by atoms with Crippen molar-refractivity contribution >= 4 is 11.9 Å². The maximum atomic E-state index is 11.6. The van der Waals surface area contributed by atoms with Gasteiger partial charge >= 0.3 is 0 Å². The minimum Gasteiger partial charge on any atom is -0.491 e. The minimum absolute atomic E-state index is 0.00915. The van der Waals surface area contributed by atoms with Crippen LogP contribution in [0.4, 0.5) is 0 Å². The molecule has 0 spiro atoms. The van der Waals surface area contributed by atoms with E-state index in [1.807, 2.05) is 33.8 Å². The van der Waals surface area contributed by atoms with Crippen LogP contribution in [-0.2, 0) is 16.1 Å². The second-order valence-electron chi connectivity index (χ2n) is 6.45. The number of carbonyl (C=O) groups is 1. The van der Waals surface area contributed by atoms with Crippen molar-refractivity contribution in [3.05, 3.63) is 29.3 Å². The topological polar surface area (TPSA) is 84.0 Å². The number of nitrogens with zero attached hydrogens (tertiary/aromatic N) is 1. The third-order valence-electron chi connectivity index (χ3n) is 3.82. The van der Waals surface area contributed by atoms with Crippen LogP contribution in [0.3, 0.4) is 0 Å². The number of rotatable bonds is 11. The van der Waals surface area contributed by atoms with E-state index in [2.05, 4.69) is 33.1 Å². The van der Waals surface area contributed by atoms with E-state index in [0.29, 0.717) is 45.4 Å². The molecule has 1 amide bonds. The van der Waals surface area contributed by atoms with Crippen LogP contribution in [0.25, 0.3) is 0 Å². The van der Waals surface area contributed by atoms with Crippen LogP contribution in [0.1, 0.15) is 31.9 Å². The lowest BCUT2D eigenvalue weighted by Crippen LogP contribution is -2.41. The summed E-state index contributed by atoms with van der Waals surface area (Å²) in [7, 11) is 1.72. The molecule has 7 heteroatoms. The van der Waals surface area contributed by atoms with Crippen LogP contribution < -0.4 is 20.7 Å². The maximum Gasteiger partial charge on any atom is 0.222 e. The van der Waals surface area contributed by atoms with Gasteiger partial charge < -0.3 is 25.4 Å². The average Bonchev–Trinajstić information content (AvgIpc) is 2.65. The molecule has 0 aliphatic carbocycles. The van der Waals surface area contributed by atoms with Gasteiger partial charge in [0, 0.05) is 44.8 Å². The van der Waals surface area contributed by atoms with Crippen LogP contribution >= 0.6 is 0 Å². The fraction of sp³-hybridized carbons (Fsp3) is 0.600. The first-order valence-electron chi connectivity index (χ1n) is 9.50. The van der Waals surface area contributed by atoms with Gasteiger partial charge in [-0.1, -0.05) is 26.0 Å². The number of aliphatic imine (C=N–C) groups is 1. The molecule has 3 N–H and O–H groups in total. The Hall–Kier alpha value is -2.28. The summed E-state index contributed by atoms with van der Waals surface area (Å²) in [4.78, 5) is 15.8. The van der Waals surface area contributed by atoms with Gasteiger partial charge in [-0.3, -0.25) is 9.79 Å². The van der Waals surface area contributed by atoms with Gasteiger partial charge in [0.1, 0.15) is 12.4 Å². The highest BCUT2D eigenvalue weighted by molar-refractivity contribution is 5.80. The molecule has 0 radical (unpaired) electrons. The molecular formula is C20H34N4O3. The van der Waals surface area contributed by atoms with Gasteiger partial charge in [0.05, 0.1) is 6.61 Å². The number of benzene rings is 1. The molecule has 0 aliphatic rings. The van der Waals surface area contributed by atoms with Gasteiger partial charge in [-0.15, -0.1) is 0 Å². The molecule has 0 bridgehead atoms. The highest BCUT2D eigenvalue weighted by Crippen LogP contribution is 2.20. The SMILES string of the molecule is CCOCCOc1cc(C)ccc1CNC(=NC)NCCNC(=O)C(C)C. The Morgan fingerprint density at radius 3 is 2.56 bits per heavy atom. The zero-order chi connectivity index (χ0) is 20.1. The third-order valence-corrected chi connectivity index (χ3v) is 3.82. The monoisotopic (exact) mass is 378 g/mol. The molecule has 0 saturated heterocycles. The Morgan fingerprint density at radius 1 is 1.15 bits per heavy atom. The lowest BCUT2D eigenvalue weighted by molar-refractivity contribution is -0.123. The van der Waals surface area contributed by atoms with E-state index in [-0.39, 0.29) is 11.8 Å². The summed E-state index contributed by atoms with van der Waals surface area (Å²) in [6.45, 7) is 11.3. The maximum absolute atomic E-state index is 11.6. The van der Waals surface area contributed by atoms with Crippen LogP contribution in [0, 0.1) is 12.8 Å². The molecule has 7 nitrogen and oxygen atoms in total. The number of ether oxygens (including phenoxy) is 2. The van der Waals surface area contributed by atoms with Crippen LogP contribution in [0.15, 0.2) is 23.2 Å². The summed E-state index contributed by atoms with van der Waals surface area (Å²) in [5.41, 5.74) is 2.20. The fourth-order valence-electron chi connectivity index (χ4n) is 2.27. The van der Waals surface area contributed by atoms with Crippen molar-refractivity contribution in [1.29, 1.82) is 0 Å². The van der Waals surface area contributed by atoms with Crippen LogP contribution in [-0.4, -0.2) is 51.8 Å². The summed E-state index contributed by atoms with van der Waals surface area (Å²) in [6.07, 6.45) is 0. The third kappa shape index (κ3) is 9.28. The van der Waals surface area contributed by atoms with Gasteiger partial charge in [-0.05, 0) is 25.5 Å². The molecule has 27 heavy (non-hydrogen) atoms. The van der Waals surface area contributed by atoms with Crippen molar-refractivity contribution in [1.82, 2.24) is 16.0 Å². The number of aryl methyl sites for hydroxylation is 1. The van der Waals surface area contributed by atoms with E-state index >= 15 is 0 Å². The van der Waals surface area contributed by atoms with E-state index in [4.69, 9.17) is 9.47 Å². The second-order valence-corrected chi connectivity index (χ2v) is 6.45. The van der Waals surface area contributed by atoms with Crippen molar-refractivity contribution in [2.45, 2.75) is 34.2 Å². The van der Waals surface area contributed by atoms with E-state index < -0.39 is 0 Å². The molecular weight excluding hydrogens is 344 g/mol. The molecule has 1 aromatic carbocycles. The van der Waals surface area contributed by atoms with Gasteiger partial charge in [0.25, 0.3) is 0 Å². The van der Waals surface area contributed by atoms with Crippen LogP contribution in [0.2, 0.25) is 0 Å². The summed E-state index contributed by atoms with van der Waals surface area (Å²) < 4.78 is 11.2. The van der Waals surface area contributed by atoms with Gasteiger partial charge in [0.15, 0.2) is 5.96 Å². The predicted molar refractivity (Wildman–Crippen MR) is 109 cm³/mol. The zero-order valence-electron chi connectivity index (χ0n) is 17.2. The van der Waals surface area contributed by atoms with E-state index in [1.165, 1.54) is 0 Å². The molecule has 0 unspecified atom stereocenters. The molecule has 0 aliphatic heterocycles. The Balaban J connectivity index is 2.48. The highest BCUT2D eigenvalue weighted by atomic mass is 16.5. The molecule has 0 atom stereocenters. The van der Waals surface area contributed by atoms with E-state index in [0.717, 1.165) is 16.9 Å². The Kier molecular flexibility index (Phi) is 10.9. The van der Waals surface area contributed by atoms with Gasteiger partial charge in [0.2, 0.25) is 5.91 Å². The fourth-order valence-corrected chi connectivity index (χ4v) is 2.27.